The summed E-state index contributed by atoms with van der Waals surface area (Å²) in [6.45, 7) is 0.135. The molecule has 2 aromatic rings. The Hall–Kier alpha value is -3.35. The summed E-state index contributed by atoms with van der Waals surface area (Å²) in [5.74, 6) is -1.46. The van der Waals surface area contributed by atoms with Crippen molar-refractivity contribution in [2.24, 2.45) is 0 Å². The fraction of sp³-hybridized carbons (Fsp3) is 0.400. The Balaban J connectivity index is 1.39. The highest BCUT2D eigenvalue weighted by molar-refractivity contribution is 5.86. The number of amides is 2. The van der Waals surface area contributed by atoms with Gasteiger partial charge in [0, 0.05) is 18.4 Å². The van der Waals surface area contributed by atoms with Crippen LogP contribution in [0, 0.1) is 0 Å². The number of carboxylic acids is 1. The van der Waals surface area contributed by atoms with Crippen molar-refractivity contribution in [1.82, 2.24) is 10.6 Å². The lowest BCUT2D eigenvalue weighted by atomic mass is 9.98. The van der Waals surface area contributed by atoms with E-state index in [1.54, 1.807) is 0 Å². The Morgan fingerprint density at radius 2 is 1.56 bits per heavy atom. The molecule has 1 saturated carbocycles. The lowest BCUT2D eigenvalue weighted by molar-refractivity contribution is -0.137. The first-order chi connectivity index (χ1) is 15.5. The molecule has 0 heterocycles. The molecule has 2 aliphatic rings. The predicted octanol–water partition coefficient (Wildman–Crippen LogP) is 3.82. The van der Waals surface area contributed by atoms with E-state index in [1.807, 2.05) is 36.4 Å². The van der Waals surface area contributed by atoms with Gasteiger partial charge in [-0.1, -0.05) is 61.4 Å². The number of fused-ring (bicyclic) bond motifs is 3. The number of hydrogen-bond donors (Lipinski definition) is 3. The summed E-state index contributed by atoms with van der Waals surface area (Å²) in [7, 11) is 0. The van der Waals surface area contributed by atoms with Gasteiger partial charge in [0.05, 0.1) is 0 Å². The molecule has 0 spiro atoms. The van der Waals surface area contributed by atoms with E-state index < -0.39 is 18.1 Å². The van der Waals surface area contributed by atoms with Crippen LogP contribution < -0.4 is 10.6 Å². The highest BCUT2D eigenvalue weighted by atomic mass is 16.5. The van der Waals surface area contributed by atoms with Crippen molar-refractivity contribution in [1.29, 1.82) is 0 Å². The van der Waals surface area contributed by atoms with Gasteiger partial charge in [-0.05, 0) is 41.5 Å². The van der Waals surface area contributed by atoms with Crippen LogP contribution in [0.4, 0.5) is 4.79 Å². The van der Waals surface area contributed by atoms with Crippen LogP contribution in [-0.2, 0) is 14.3 Å². The summed E-state index contributed by atoms with van der Waals surface area (Å²) >= 11 is 0. The minimum Gasteiger partial charge on any atom is -0.481 e. The second kappa shape index (κ2) is 9.85. The minimum absolute atomic E-state index is 0.0120. The number of ether oxygens (including phenoxy) is 1. The van der Waals surface area contributed by atoms with Crippen LogP contribution in [0.15, 0.2) is 48.5 Å². The van der Waals surface area contributed by atoms with E-state index in [-0.39, 0.29) is 37.3 Å². The molecule has 7 heteroatoms. The topological polar surface area (TPSA) is 105 Å². The van der Waals surface area contributed by atoms with E-state index >= 15 is 0 Å². The highest BCUT2D eigenvalue weighted by Crippen LogP contribution is 2.44. The van der Waals surface area contributed by atoms with Crippen LogP contribution in [0.1, 0.15) is 55.6 Å². The molecule has 2 amide bonds. The van der Waals surface area contributed by atoms with Crippen molar-refractivity contribution in [2.75, 3.05) is 6.61 Å². The zero-order valence-corrected chi connectivity index (χ0v) is 17.9. The molecule has 2 aromatic carbocycles. The average Bonchev–Trinajstić information content (AvgIpc) is 3.41. The summed E-state index contributed by atoms with van der Waals surface area (Å²) in [5, 5.41) is 14.5. The number of benzene rings is 2. The molecule has 0 bridgehead atoms. The van der Waals surface area contributed by atoms with Crippen molar-refractivity contribution < 1.29 is 24.2 Å². The maximum Gasteiger partial charge on any atom is 0.407 e. The quantitative estimate of drug-likeness (QED) is 0.584. The van der Waals surface area contributed by atoms with Crippen molar-refractivity contribution in [3.05, 3.63) is 59.7 Å². The number of rotatable bonds is 8. The number of hydrogen-bond acceptors (Lipinski definition) is 4. The van der Waals surface area contributed by atoms with Crippen molar-refractivity contribution >= 4 is 18.0 Å². The summed E-state index contributed by atoms with van der Waals surface area (Å²) in [4.78, 5) is 36.2. The molecule has 4 rings (SSSR count). The van der Waals surface area contributed by atoms with Crippen molar-refractivity contribution in [3.63, 3.8) is 0 Å². The normalized spacial score (nSPS) is 16.1. The third-order valence-corrected chi connectivity index (χ3v) is 6.30. The third kappa shape index (κ3) is 4.93. The molecule has 1 fully saturated rings. The van der Waals surface area contributed by atoms with Gasteiger partial charge < -0.3 is 20.5 Å². The van der Waals surface area contributed by atoms with Gasteiger partial charge in [0.15, 0.2) is 0 Å². The maximum absolute atomic E-state index is 12.7. The summed E-state index contributed by atoms with van der Waals surface area (Å²) in [5.41, 5.74) is 4.46. The first kappa shape index (κ1) is 21.9. The van der Waals surface area contributed by atoms with Gasteiger partial charge in [0.1, 0.15) is 12.6 Å². The third-order valence-electron chi connectivity index (χ3n) is 6.30. The lowest BCUT2D eigenvalue weighted by Crippen LogP contribution is -2.49. The van der Waals surface area contributed by atoms with E-state index in [0.29, 0.717) is 0 Å². The van der Waals surface area contributed by atoms with E-state index in [9.17, 15) is 14.4 Å². The van der Waals surface area contributed by atoms with E-state index in [1.165, 1.54) is 0 Å². The molecule has 168 valence electrons. The van der Waals surface area contributed by atoms with E-state index in [0.717, 1.165) is 47.9 Å². The van der Waals surface area contributed by atoms with E-state index in [2.05, 4.69) is 22.8 Å². The molecule has 32 heavy (non-hydrogen) atoms. The van der Waals surface area contributed by atoms with Crippen molar-refractivity contribution in [3.8, 4) is 11.1 Å². The summed E-state index contributed by atoms with van der Waals surface area (Å²) < 4.78 is 5.52. The standard InChI is InChI=1S/C25H28N2O5/c28-23(29)14-13-22(24(30)26-16-7-1-2-8-16)27-25(31)32-15-21-19-11-5-3-9-17(19)18-10-4-6-12-20(18)21/h3-6,9-12,16,21-22H,1-2,7-8,13-15H2,(H,26,30)(H,27,31)(H,28,29). The highest BCUT2D eigenvalue weighted by Gasteiger charge is 2.30. The van der Waals surface area contributed by atoms with Crippen LogP contribution in [0.3, 0.4) is 0 Å². The number of carbonyl (C=O) groups excluding carboxylic acids is 2. The Labute approximate surface area is 187 Å². The van der Waals surface area contributed by atoms with Gasteiger partial charge in [-0.3, -0.25) is 9.59 Å². The van der Waals surface area contributed by atoms with Gasteiger partial charge in [0.2, 0.25) is 5.91 Å². The van der Waals surface area contributed by atoms with Crippen LogP contribution in [0.5, 0.6) is 0 Å². The predicted molar refractivity (Wildman–Crippen MR) is 119 cm³/mol. The molecule has 2 aliphatic carbocycles. The van der Waals surface area contributed by atoms with Gasteiger partial charge in [-0.2, -0.15) is 0 Å². The van der Waals surface area contributed by atoms with Gasteiger partial charge >= 0.3 is 12.1 Å². The number of aliphatic carboxylic acids is 1. The molecule has 7 nitrogen and oxygen atoms in total. The Morgan fingerprint density at radius 3 is 2.16 bits per heavy atom. The van der Waals surface area contributed by atoms with Crippen LogP contribution in [0.25, 0.3) is 11.1 Å². The van der Waals surface area contributed by atoms with Crippen LogP contribution >= 0.6 is 0 Å². The molecule has 0 radical (unpaired) electrons. The number of carboxylic acid groups (broad SMARTS) is 1. The molecular formula is C25H28N2O5. The number of carbonyl (C=O) groups is 3. The summed E-state index contributed by atoms with van der Waals surface area (Å²) in [6, 6.07) is 15.2. The average molecular weight is 437 g/mol. The van der Waals surface area contributed by atoms with Crippen LogP contribution in [-0.4, -0.2) is 41.8 Å². The fourth-order valence-electron chi connectivity index (χ4n) is 4.69. The molecule has 3 N–H and O–H groups in total. The monoisotopic (exact) mass is 436 g/mol. The van der Waals surface area contributed by atoms with Gasteiger partial charge in [-0.25, -0.2) is 4.79 Å². The van der Waals surface area contributed by atoms with Crippen LogP contribution in [0.2, 0.25) is 0 Å². The first-order valence-corrected chi connectivity index (χ1v) is 11.2. The molecule has 0 aliphatic heterocycles. The first-order valence-electron chi connectivity index (χ1n) is 11.2. The largest absolute Gasteiger partial charge is 0.481 e. The molecule has 1 unspecified atom stereocenters. The van der Waals surface area contributed by atoms with Gasteiger partial charge in [0.25, 0.3) is 0 Å². The molecule has 0 saturated heterocycles. The zero-order valence-electron chi connectivity index (χ0n) is 17.9. The second-order valence-corrected chi connectivity index (χ2v) is 8.44. The lowest BCUT2D eigenvalue weighted by Gasteiger charge is -2.21. The Bertz CT molecular complexity index is 954. The van der Waals surface area contributed by atoms with E-state index in [4.69, 9.17) is 9.84 Å². The SMILES string of the molecule is O=C(O)CCC(NC(=O)OCC1c2ccccc2-c2ccccc21)C(=O)NC1CCCC1. The smallest absolute Gasteiger partial charge is 0.407 e. The maximum atomic E-state index is 12.7. The molecule has 0 aromatic heterocycles. The number of alkyl carbamates (subject to hydrolysis) is 1. The zero-order chi connectivity index (χ0) is 22.5. The molecular weight excluding hydrogens is 408 g/mol. The molecule has 1 atom stereocenters. The minimum atomic E-state index is -1.02. The van der Waals surface area contributed by atoms with Crippen molar-refractivity contribution in [2.45, 2.75) is 56.5 Å². The summed E-state index contributed by atoms with van der Waals surface area (Å²) in [6.07, 6.45) is 3.01. The fourth-order valence-corrected chi connectivity index (χ4v) is 4.69. The second-order valence-electron chi connectivity index (χ2n) is 8.44. The Morgan fingerprint density at radius 1 is 0.969 bits per heavy atom. The Kier molecular flexibility index (Phi) is 6.73. The number of nitrogens with one attached hydrogen (secondary N) is 2. The van der Waals surface area contributed by atoms with Gasteiger partial charge in [-0.15, -0.1) is 0 Å².